The molecule has 9 heteroatoms. The Labute approximate surface area is 153 Å². The van der Waals surface area contributed by atoms with E-state index in [0.29, 0.717) is 18.7 Å². The van der Waals surface area contributed by atoms with Crippen LogP contribution in [0, 0.1) is 0 Å². The Kier molecular flexibility index (Phi) is 5.59. The smallest absolute Gasteiger partial charge is 0.254 e. The summed E-state index contributed by atoms with van der Waals surface area (Å²) in [5, 5.41) is 5.71. The van der Waals surface area contributed by atoms with Crippen LogP contribution in [0.3, 0.4) is 0 Å². The van der Waals surface area contributed by atoms with Gasteiger partial charge < -0.3 is 15.5 Å². The lowest BCUT2D eigenvalue weighted by molar-refractivity contribution is -0.122. The van der Waals surface area contributed by atoms with Gasteiger partial charge in [0.15, 0.2) is 0 Å². The highest BCUT2D eigenvalue weighted by atomic mass is 32.2. The largest absolute Gasteiger partial charge is 0.354 e. The Morgan fingerprint density at radius 2 is 2.00 bits per heavy atom. The van der Waals surface area contributed by atoms with Gasteiger partial charge in [-0.05, 0) is 44.2 Å². The topological polar surface area (TPSA) is 98.8 Å². The third kappa shape index (κ3) is 3.74. The number of nitrogens with one attached hydrogen (secondary N) is 2. The molecule has 2 saturated heterocycles. The minimum atomic E-state index is -3.74. The Hall–Kier alpha value is -1.97. The minimum absolute atomic E-state index is 0.0796. The van der Waals surface area contributed by atoms with Crippen molar-refractivity contribution in [2.75, 3.05) is 39.8 Å². The Morgan fingerprint density at radius 3 is 2.65 bits per heavy atom. The van der Waals surface area contributed by atoms with E-state index < -0.39 is 10.0 Å². The van der Waals surface area contributed by atoms with Crippen LogP contribution in [-0.4, -0.2) is 75.3 Å². The number of amides is 2. The van der Waals surface area contributed by atoms with Crippen molar-refractivity contribution in [2.45, 2.75) is 23.8 Å². The van der Waals surface area contributed by atoms with Crippen LogP contribution >= 0.6 is 0 Å². The maximum atomic E-state index is 12.7. The van der Waals surface area contributed by atoms with Gasteiger partial charge in [0.1, 0.15) is 0 Å². The van der Waals surface area contributed by atoms with Gasteiger partial charge in [-0.25, -0.2) is 8.42 Å². The van der Waals surface area contributed by atoms with Crippen molar-refractivity contribution in [1.29, 1.82) is 0 Å². The molecular formula is C17H24N4O4S. The highest BCUT2D eigenvalue weighted by Crippen LogP contribution is 2.22. The summed E-state index contributed by atoms with van der Waals surface area (Å²) in [4.78, 5) is 26.1. The molecule has 3 rings (SSSR count). The molecule has 2 aliphatic heterocycles. The molecule has 0 saturated carbocycles. The molecule has 2 amide bonds. The summed E-state index contributed by atoms with van der Waals surface area (Å²) in [6.07, 6.45) is 1.94. The molecule has 0 aliphatic carbocycles. The average molecular weight is 380 g/mol. The second-order valence-corrected chi connectivity index (χ2v) is 8.50. The van der Waals surface area contributed by atoms with Crippen molar-refractivity contribution in [3.8, 4) is 0 Å². The fraction of sp³-hybridized carbons (Fsp3) is 0.529. The molecular weight excluding hydrogens is 356 g/mol. The predicted molar refractivity (Wildman–Crippen MR) is 96.2 cm³/mol. The third-order valence-electron chi connectivity index (χ3n) is 4.82. The van der Waals surface area contributed by atoms with Crippen LogP contribution < -0.4 is 10.6 Å². The fourth-order valence-corrected chi connectivity index (χ4v) is 4.85. The maximum Gasteiger partial charge on any atom is 0.254 e. The van der Waals surface area contributed by atoms with Gasteiger partial charge >= 0.3 is 0 Å². The Balaban J connectivity index is 1.75. The molecule has 0 bridgehead atoms. The van der Waals surface area contributed by atoms with Crippen LogP contribution in [0.5, 0.6) is 0 Å². The molecule has 2 fully saturated rings. The molecule has 1 aromatic rings. The van der Waals surface area contributed by atoms with Gasteiger partial charge in [-0.2, -0.15) is 4.31 Å². The van der Waals surface area contributed by atoms with E-state index in [9.17, 15) is 18.0 Å². The average Bonchev–Trinajstić information content (AvgIpc) is 3.10. The lowest BCUT2D eigenvalue weighted by Crippen LogP contribution is -2.49. The first-order valence-electron chi connectivity index (χ1n) is 8.76. The van der Waals surface area contributed by atoms with Gasteiger partial charge in [-0.1, -0.05) is 0 Å². The van der Waals surface area contributed by atoms with E-state index in [-0.39, 0.29) is 35.8 Å². The van der Waals surface area contributed by atoms with Gasteiger partial charge in [-0.3, -0.25) is 9.59 Å². The normalized spacial score (nSPS) is 21.7. The minimum Gasteiger partial charge on any atom is -0.354 e. The number of sulfonamides is 1. The summed E-state index contributed by atoms with van der Waals surface area (Å²) in [5.74, 6) is -0.389. The molecule has 26 heavy (non-hydrogen) atoms. The van der Waals surface area contributed by atoms with E-state index in [1.807, 2.05) is 11.9 Å². The SMILES string of the molecule is CNCC1CCCN1C(=O)c1ccc(S(=O)(=O)N2CCNC(=O)C2)cc1. The van der Waals surface area contributed by atoms with Gasteiger partial charge in [0.2, 0.25) is 15.9 Å². The van der Waals surface area contributed by atoms with Crippen LogP contribution in [0.1, 0.15) is 23.2 Å². The highest BCUT2D eigenvalue weighted by Gasteiger charge is 2.31. The van der Waals surface area contributed by atoms with E-state index in [1.54, 1.807) is 12.1 Å². The van der Waals surface area contributed by atoms with Crippen LogP contribution in [0.15, 0.2) is 29.2 Å². The maximum absolute atomic E-state index is 12.7. The molecule has 8 nitrogen and oxygen atoms in total. The second-order valence-electron chi connectivity index (χ2n) is 6.57. The summed E-state index contributed by atoms with van der Waals surface area (Å²) in [6.45, 7) is 1.83. The van der Waals surface area contributed by atoms with Crippen molar-refractivity contribution in [2.24, 2.45) is 0 Å². The zero-order valence-electron chi connectivity index (χ0n) is 14.8. The van der Waals surface area contributed by atoms with E-state index in [0.717, 1.165) is 23.7 Å². The molecule has 2 aliphatic rings. The number of hydrogen-bond donors (Lipinski definition) is 2. The molecule has 0 aromatic heterocycles. The molecule has 2 N–H and O–H groups in total. The lowest BCUT2D eigenvalue weighted by Gasteiger charge is -2.26. The number of carbonyl (C=O) groups is 2. The first-order chi connectivity index (χ1) is 12.4. The van der Waals surface area contributed by atoms with Gasteiger partial charge in [0.05, 0.1) is 11.4 Å². The molecule has 142 valence electrons. The van der Waals surface area contributed by atoms with Crippen LogP contribution in [0.4, 0.5) is 0 Å². The van der Waals surface area contributed by atoms with Crippen molar-refractivity contribution in [3.05, 3.63) is 29.8 Å². The molecule has 0 spiro atoms. The van der Waals surface area contributed by atoms with Gasteiger partial charge in [-0.15, -0.1) is 0 Å². The lowest BCUT2D eigenvalue weighted by atomic mass is 10.1. The first kappa shape index (κ1) is 18.8. The summed E-state index contributed by atoms with van der Waals surface area (Å²) in [7, 11) is -1.88. The number of likely N-dealkylation sites (N-methyl/N-ethyl adjacent to an activating group) is 1. The molecule has 1 aromatic carbocycles. The Morgan fingerprint density at radius 1 is 1.27 bits per heavy atom. The van der Waals surface area contributed by atoms with E-state index >= 15 is 0 Å². The standard InChI is InChI=1S/C17H24N4O4S/c1-18-11-14-3-2-9-21(14)17(23)13-4-6-15(7-5-13)26(24,25)20-10-8-19-16(22)12-20/h4-7,14,18H,2-3,8-12H2,1H3,(H,19,22). The summed E-state index contributed by atoms with van der Waals surface area (Å²) in [5.41, 5.74) is 0.475. The van der Waals surface area contributed by atoms with Crippen molar-refractivity contribution >= 4 is 21.8 Å². The number of nitrogens with zero attached hydrogens (tertiary/aromatic N) is 2. The summed E-state index contributed by atoms with van der Waals surface area (Å²) >= 11 is 0. The monoisotopic (exact) mass is 380 g/mol. The zero-order chi connectivity index (χ0) is 18.7. The van der Waals surface area contributed by atoms with Crippen molar-refractivity contribution in [3.63, 3.8) is 0 Å². The molecule has 1 unspecified atom stereocenters. The first-order valence-corrected chi connectivity index (χ1v) is 10.2. The molecule has 2 heterocycles. The van der Waals surface area contributed by atoms with Crippen LogP contribution in [0.2, 0.25) is 0 Å². The zero-order valence-corrected chi connectivity index (χ0v) is 15.6. The molecule has 1 atom stereocenters. The van der Waals surface area contributed by atoms with E-state index in [2.05, 4.69) is 10.6 Å². The number of rotatable bonds is 5. The van der Waals surface area contributed by atoms with Gasteiger partial charge in [0.25, 0.3) is 5.91 Å². The number of benzene rings is 1. The number of hydrogen-bond acceptors (Lipinski definition) is 5. The van der Waals surface area contributed by atoms with Crippen molar-refractivity contribution in [1.82, 2.24) is 19.8 Å². The number of carbonyl (C=O) groups excluding carboxylic acids is 2. The van der Waals surface area contributed by atoms with Crippen molar-refractivity contribution < 1.29 is 18.0 Å². The van der Waals surface area contributed by atoms with E-state index in [4.69, 9.17) is 0 Å². The Bertz CT molecular complexity index is 778. The van der Waals surface area contributed by atoms with Gasteiger partial charge in [0, 0.05) is 37.8 Å². The van der Waals surface area contributed by atoms with Crippen LogP contribution in [0.25, 0.3) is 0 Å². The van der Waals surface area contributed by atoms with Crippen LogP contribution in [-0.2, 0) is 14.8 Å². The second kappa shape index (κ2) is 7.73. The summed E-state index contributed by atoms with van der Waals surface area (Å²) < 4.78 is 26.5. The summed E-state index contributed by atoms with van der Waals surface area (Å²) in [6, 6.07) is 6.15. The number of likely N-dealkylation sites (tertiary alicyclic amines) is 1. The third-order valence-corrected chi connectivity index (χ3v) is 6.68. The number of piperazine rings is 1. The highest BCUT2D eigenvalue weighted by molar-refractivity contribution is 7.89. The molecule has 0 radical (unpaired) electrons. The fourth-order valence-electron chi connectivity index (χ4n) is 3.46. The van der Waals surface area contributed by atoms with E-state index in [1.165, 1.54) is 12.1 Å². The predicted octanol–water partition coefficient (Wildman–Crippen LogP) is -0.369. The quantitative estimate of drug-likeness (QED) is 0.726.